The highest BCUT2D eigenvalue weighted by molar-refractivity contribution is 7.47. The topological polar surface area (TPSA) is 169 Å². The van der Waals surface area contributed by atoms with Crippen LogP contribution in [0.4, 0.5) is 0 Å². The summed E-state index contributed by atoms with van der Waals surface area (Å²) in [6, 6.07) is -1.56. The van der Waals surface area contributed by atoms with Gasteiger partial charge in [-0.2, -0.15) is 0 Å². The van der Waals surface area contributed by atoms with Gasteiger partial charge in [0.1, 0.15) is 12.7 Å². The molecule has 0 aliphatic carbocycles. The van der Waals surface area contributed by atoms with E-state index in [2.05, 4.69) is 104 Å². The molecule has 0 aromatic carbocycles. The Kier molecular flexibility index (Phi) is 43.8. The van der Waals surface area contributed by atoms with Gasteiger partial charge in [-0.05, 0) is 96.3 Å². The molecule has 0 radical (unpaired) electrons. The Bertz CT molecular complexity index is 1400. The minimum absolute atomic E-state index is 0.130. The first-order valence-electron chi connectivity index (χ1n) is 24.6. The zero-order valence-electron chi connectivity index (χ0n) is 39.8. The highest BCUT2D eigenvalue weighted by Crippen LogP contribution is 2.43. The number of carboxylic acid groups (broad SMARTS) is 1. The fourth-order valence-electron chi connectivity index (χ4n) is 6.30. The molecule has 4 N–H and O–H groups in total. The number of carbonyl (C=O) groups excluding carboxylic acids is 2. The lowest BCUT2D eigenvalue weighted by molar-refractivity contribution is -0.147. The molecule has 64 heavy (non-hydrogen) atoms. The molecule has 0 saturated carbocycles. The Balaban J connectivity index is 3.93. The van der Waals surface area contributed by atoms with Crippen molar-refractivity contribution in [2.45, 2.75) is 206 Å². The lowest BCUT2D eigenvalue weighted by Crippen LogP contribution is -2.43. The van der Waals surface area contributed by atoms with Crippen molar-refractivity contribution in [1.29, 1.82) is 0 Å². The molecule has 0 fully saturated rings. The van der Waals surface area contributed by atoms with Gasteiger partial charge in [0.15, 0.2) is 6.04 Å². The number of hydrogen-bond donors (Lipinski definition) is 4. The number of allylic oxidation sites excluding steroid dienone is 14. The molecular weight excluding hydrogens is 830 g/mol. The first-order valence-corrected chi connectivity index (χ1v) is 26.1. The van der Waals surface area contributed by atoms with E-state index in [-0.39, 0.29) is 12.8 Å². The van der Waals surface area contributed by atoms with Crippen LogP contribution in [0, 0.1) is 0 Å². The standard InChI is InChI=1S/C52H88NO10P/c1-3-5-7-9-11-13-15-17-19-21-23-24-26-27-29-31-33-35-37-39-41-43-50(55)53-49(52(57)58)47-63-64(59,60)62-46-48(54)45-61-51(56)44-42-40-38-36-34-32-30-28-25-22-20-18-16-14-12-10-8-6-4-2/h11-14,17-20,23-25,28,32,34,48-49,54H,3-10,15-16,21-22,26-27,29-31,33,35-47H2,1-2H3,(H,53,55)(H,57,58)(H,59,60)/b13-11-,14-12-,19-17-,20-18-,24-23-,28-25-,34-32-. The lowest BCUT2D eigenvalue weighted by Gasteiger charge is -2.18. The fraction of sp³-hybridized carbons (Fsp3) is 0.673. The van der Waals surface area contributed by atoms with Crippen LogP contribution in [0.5, 0.6) is 0 Å². The molecule has 3 unspecified atom stereocenters. The van der Waals surface area contributed by atoms with Crippen molar-refractivity contribution < 1.29 is 47.8 Å². The zero-order chi connectivity index (χ0) is 47.0. The van der Waals surface area contributed by atoms with E-state index >= 15 is 0 Å². The molecule has 0 spiro atoms. The van der Waals surface area contributed by atoms with Gasteiger partial charge in [0.05, 0.1) is 13.2 Å². The SMILES string of the molecule is CCCCC/C=C\C/C=C\C/C=C\C/C=C\CCCCCC(=O)OCC(O)COP(=O)(O)OCC(NC(=O)CCCCCCCCCC/C=C\C/C=C\C/C=C\CCCCC)C(=O)O. The second kappa shape index (κ2) is 46.2. The van der Waals surface area contributed by atoms with Gasteiger partial charge in [-0.3, -0.25) is 18.6 Å². The van der Waals surface area contributed by atoms with Gasteiger partial charge in [0.25, 0.3) is 0 Å². The number of amides is 1. The van der Waals surface area contributed by atoms with Crippen molar-refractivity contribution in [3.05, 3.63) is 85.1 Å². The van der Waals surface area contributed by atoms with Crippen molar-refractivity contribution in [1.82, 2.24) is 5.32 Å². The van der Waals surface area contributed by atoms with Crippen LogP contribution in [0.25, 0.3) is 0 Å². The highest BCUT2D eigenvalue weighted by Gasteiger charge is 2.28. The predicted octanol–water partition coefficient (Wildman–Crippen LogP) is 13.4. The van der Waals surface area contributed by atoms with E-state index in [1.807, 2.05) is 0 Å². The largest absolute Gasteiger partial charge is 0.480 e. The second-order valence-corrected chi connectivity index (χ2v) is 17.7. The van der Waals surface area contributed by atoms with Gasteiger partial charge in [0.2, 0.25) is 5.91 Å². The number of unbranched alkanes of at least 4 members (excludes halogenated alkanes) is 17. The fourth-order valence-corrected chi connectivity index (χ4v) is 7.08. The number of phosphoric ester groups is 1. The third-order valence-electron chi connectivity index (χ3n) is 10.2. The summed E-state index contributed by atoms with van der Waals surface area (Å²) in [7, 11) is -4.78. The first-order chi connectivity index (χ1) is 31.1. The Morgan fingerprint density at radius 3 is 1.30 bits per heavy atom. The molecule has 366 valence electrons. The van der Waals surface area contributed by atoms with Crippen LogP contribution in [0.1, 0.15) is 194 Å². The molecule has 0 rings (SSSR count). The summed E-state index contributed by atoms with van der Waals surface area (Å²) in [6.45, 7) is 2.50. The molecular formula is C52H88NO10P. The van der Waals surface area contributed by atoms with Crippen LogP contribution in [-0.4, -0.2) is 64.9 Å². The maximum absolute atomic E-state index is 12.4. The molecule has 12 heteroatoms. The van der Waals surface area contributed by atoms with Crippen LogP contribution < -0.4 is 5.32 Å². The van der Waals surface area contributed by atoms with Crippen molar-refractivity contribution in [2.24, 2.45) is 0 Å². The summed E-state index contributed by atoms with van der Waals surface area (Å²) in [5.74, 6) is -2.42. The summed E-state index contributed by atoms with van der Waals surface area (Å²) in [6.07, 6.45) is 57.4. The van der Waals surface area contributed by atoms with Crippen molar-refractivity contribution in [3.8, 4) is 0 Å². The summed E-state index contributed by atoms with van der Waals surface area (Å²) < 4.78 is 26.9. The van der Waals surface area contributed by atoms with Gasteiger partial charge >= 0.3 is 19.8 Å². The van der Waals surface area contributed by atoms with E-state index in [0.717, 1.165) is 83.5 Å². The number of rotatable bonds is 45. The quantitative estimate of drug-likeness (QED) is 0.0200. The first kappa shape index (κ1) is 60.7. The smallest absolute Gasteiger partial charge is 0.472 e. The number of nitrogens with one attached hydrogen (secondary N) is 1. The average molecular weight is 918 g/mol. The van der Waals surface area contributed by atoms with Crippen LogP contribution >= 0.6 is 7.82 Å². The van der Waals surface area contributed by atoms with Crippen molar-refractivity contribution >= 4 is 25.7 Å². The van der Waals surface area contributed by atoms with E-state index in [1.54, 1.807) is 0 Å². The maximum atomic E-state index is 12.4. The van der Waals surface area contributed by atoms with E-state index in [9.17, 15) is 34.1 Å². The monoisotopic (exact) mass is 918 g/mol. The third kappa shape index (κ3) is 45.2. The third-order valence-corrected chi connectivity index (χ3v) is 11.1. The normalized spacial score (nSPS) is 14.3. The van der Waals surface area contributed by atoms with Crippen molar-refractivity contribution in [2.75, 3.05) is 19.8 Å². The molecule has 3 atom stereocenters. The summed E-state index contributed by atoms with van der Waals surface area (Å²) in [5.41, 5.74) is 0. The van der Waals surface area contributed by atoms with Crippen LogP contribution in [0.15, 0.2) is 85.1 Å². The Morgan fingerprint density at radius 1 is 0.500 bits per heavy atom. The van der Waals surface area contributed by atoms with Crippen molar-refractivity contribution in [3.63, 3.8) is 0 Å². The Morgan fingerprint density at radius 2 is 0.859 bits per heavy atom. The molecule has 0 aliphatic heterocycles. The van der Waals surface area contributed by atoms with Crippen LogP contribution in [0.2, 0.25) is 0 Å². The number of aliphatic hydroxyl groups excluding tert-OH is 1. The number of aliphatic carboxylic acids is 1. The number of carboxylic acids is 1. The summed E-state index contributed by atoms with van der Waals surface area (Å²) in [5, 5.41) is 21.9. The molecule has 0 saturated heterocycles. The molecule has 1 amide bonds. The van der Waals surface area contributed by atoms with E-state index < -0.39 is 57.6 Å². The predicted molar refractivity (Wildman–Crippen MR) is 263 cm³/mol. The Labute approximate surface area is 388 Å². The van der Waals surface area contributed by atoms with Gasteiger partial charge in [-0.15, -0.1) is 0 Å². The van der Waals surface area contributed by atoms with Gasteiger partial charge in [0, 0.05) is 12.8 Å². The maximum Gasteiger partial charge on any atom is 0.472 e. The number of hydrogen-bond acceptors (Lipinski definition) is 8. The van der Waals surface area contributed by atoms with Gasteiger partial charge in [-0.1, -0.05) is 170 Å². The number of aliphatic hydroxyl groups is 1. The summed E-state index contributed by atoms with van der Waals surface area (Å²) >= 11 is 0. The molecule has 0 aromatic rings. The van der Waals surface area contributed by atoms with E-state index in [0.29, 0.717) is 12.8 Å². The molecule has 11 nitrogen and oxygen atoms in total. The minimum Gasteiger partial charge on any atom is -0.480 e. The minimum atomic E-state index is -4.78. The van der Waals surface area contributed by atoms with Crippen LogP contribution in [0.3, 0.4) is 0 Å². The molecule has 0 heterocycles. The van der Waals surface area contributed by atoms with Crippen LogP contribution in [-0.2, 0) is 32.7 Å². The van der Waals surface area contributed by atoms with E-state index in [4.69, 9.17) is 13.8 Å². The van der Waals surface area contributed by atoms with E-state index in [1.165, 1.54) is 70.6 Å². The van der Waals surface area contributed by atoms with Gasteiger partial charge in [-0.25, -0.2) is 9.36 Å². The number of phosphoric acid groups is 1. The summed E-state index contributed by atoms with van der Waals surface area (Å²) in [4.78, 5) is 46.1. The van der Waals surface area contributed by atoms with Gasteiger partial charge < -0.3 is 25.2 Å². The zero-order valence-corrected chi connectivity index (χ0v) is 40.7. The molecule has 0 bridgehead atoms. The number of carbonyl (C=O) groups is 3. The second-order valence-electron chi connectivity index (χ2n) is 16.3. The number of ether oxygens (including phenoxy) is 1. The number of esters is 1. The highest BCUT2D eigenvalue weighted by atomic mass is 31.2. The Hall–Kier alpha value is -3.34. The average Bonchev–Trinajstić information content (AvgIpc) is 3.27. The lowest BCUT2D eigenvalue weighted by atomic mass is 10.1. The molecule has 0 aromatic heterocycles. The molecule has 0 aliphatic rings.